The monoisotopic (exact) mass is 314 g/mol. The molecular weight excluding hydrogens is 290 g/mol. The maximum Gasteiger partial charge on any atom is 0.222 e. The number of nitrogens with two attached hydrogens (primary N) is 1. The predicted octanol–water partition coefficient (Wildman–Crippen LogP) is 1.17. The number of nitrogen functional groups attached to an aromatic ring is 1. The van der Waals surface area contributed by atoms with E-state index in [9.17, 15) is 0 Å². The molecule has 122 valence electrons. The van der Waals surface area contributed by atoms with E-state index in [0.717, 1.165) is 48.8 Å². The maximum atomic E-state index is 5.95. The van der Waals surface area contributed by atoms with Crippen LogP contribution in [0.3, 0.4) is 0 Å². The molecule has 0 amide bonds. The molecule has 1 saturated heterocycles. The van der Waals surface area contributed by atoms with Crippen LogP contribution in [0, 0.1) is 6.92 Å². The van der Waals surface area contributed by atoms with Crippen molar-refractivity contribution in [3.8, 4) is 11.3 Å². The van der Waals surface area contributed by atoms with Gasteiger partial charge in [0.1, 0.15) is 19.6 Å². The van der Waals surface area contributed by atoms with E-state index in [-0.39, 0.29) is 0 Å². The summed E-state index contributed by atoms with van der Waals surface area (Å²) in [5.74, 6) is 1.17. The van der Waals surface area contributed by atoms with Gasteiger partial charge in [0, 0.05) is 37.3 Å². The van der Waals surface area contributed by atoms with Crippen molar-refractivity contribution in [2.24, 2.45) is 0 Å². The fourth-order valence-corrected chi connectivity index (χ4v) is 2.99. The topological polar surface area (TPSA) is 75.9 Å². The highest BCUT2D eigenvalue weighted by molar-refractivity contribution is 5.66. The SMILES string of the molecule is C=[N+](C)[C@@H]1CCN(c2cc(-c3cn(CC)nc3C)nc(N)n2)C1. The van der Waals surface area contributed by atoms with E-state index in [1.807, 2.05) is 35.5 Å². The lowest BCUT2D eigenvalue weighted by Gasteiger charge is -2.17. The van der Waals surface area contributed by atoms with Crippen molar-refractivity contribution in [2.75, 3.05) is 30.8 Å². The number of hydrogen-bond donors (Lipinski definition) is 1. The predicted molar refractivity (Wildman–Crippen MR) is 92.0 cm³/mol. The average Bonchev–Trinajstić information content (AvgIpc) is 3.13. The Morgan fingerprint density at radius 3 is 2.83 bits per heavy atom. The van der Waals surface area contributed by atoms with Crippen LogP contribution in [0.25, 0.3) is 11.3 Å². The van der Waals surface area contributed by atoms with E-state index < -0.39 is 0 Å². The first-order valence-corrected chi connectivity index (χ1v) is 7.95. The number of anilines is 2. The molecule has 23 heavy (non-hydrogen) atoms. The summed E-state index contributed by atoms with van der Waals surface area (Å²) in [5.41, 5.74) is 8.74. The molecule has 1 aliphatic heterocycles. The third-order valence-corrected chi connectivity index (χ3v) is 4.39. The van der Waals surface area contributed by atoms with Crippen molar-refractivity contribution in [3.63, 3.8) is 0 Å². The van der Waals surface area contributed by atoms with Gasteiger partial charge in [0.15, 0.2) is 6.04 Å². The van der Waals surface area contributed by atoms with Crippen molar-refractivity contribution in [2.45, 2.75) is 32.9 Å². The molecule has 7 heteroatoms. The van der Waals surface area contributed by atoms with Gasteiger partial charge in [0.2, 0.25) is 5.95 Å². The maximum absolute atomic E-state index is 5.95. The van der Waals surface area contributed by atoms with Gasteiger partial charge in [-0.15, -0.1) is 0 Å². The highest BCUT2D eigenvalue weighted by atomic mass is 15.3. The summed E-state index contributed by atoms with van der Waals surface area (Å²) in [6, 6.07) is 2.45. The second kappa shape index (κ2) is 5.98. The molecule has 0 spiro atoms. The Hall–Kier alpha value is -2.44. The molecule has 0 radical (unpaired) electrons. The van der Waals surface area contributed by atoms with Crippen LogP contribution in [-0.2, 0) is 6.54 Å². The molecule has 1 fully saturated rings. The van der Waals surface area contributed by atoms with Crippen molar-refractivity contribution in [3.05, 3.63) is 18.0 Å². The van der Waals surface area contributed by atoms with E-state index in [1.54, 1.807) is 0 Å². The molecule has 0 unspecified atom stereocenters. The average molecular weight is 314 g/mol. The summed E-state index contributed by atoms with van der Waals surface area (Å²) >= 11 is 0. The summed E-state index contributed by atoms with van der Waals surface area (Å²) in [4.78, 5) is 11.1. The van der Waals surface area contributed by atoms with Crippen LogP contribution in [0.1, 0.15) is 19.0 Å². The zero-order valence-corrected chi connectivity index (χ0v) is 14.0. The summed E-state index contributed by atoms with van der Waals surface area (Å²) in [5, 5.41) is 4.48. The van der Waals surface area contributed by atoms with Gasteiger partial charge in [-0.2, -0.15) is 10.1 Å². The first kappa shape index (κ1) is 15.5. The summed E-state index contributed by atoms with van der Waals surface area (Å²) < 4.78 is 3.92. The molecule has 0 saturated carbocycles. The molecule has 0 bridgehead atoms. The normalized spacial score (nSPS) is 17.7. The third kappa shape index (κ3) is 3.04. The van der Waals surface area contributed by atoms with Crippen LogP contribution >= 0.6 is 0 Å². The standard InChI is InChI=1S/C16H24N7/c1-5-23-10-13(11(2)20-23)14-8-15(19-16(17)18-14)22-7-6-12(9-22)21(3)4/h8,10,12H,3,5-7,9H2,1-2,4H3,(H2,17,18,19)/q+1/t12-/m1/s1. The molecule has 2 aromatic heterocycles. The summed E-state index contributed by atoms with van der Waals surface area (Å²) in [6.45, 7) is 10.7. The largest absolute Gasteiger partial charge is 0.368 e. The second-order valence-electron chi connectivity index (χ2n) is 6.10. The number of aromatic nitrogens is 4. The van der Waals surface area contributed by atoms with Crippen LogP contribution in [0.2, 0.25) is 0 Å². The van der Waals surface area contributed by atoms with Gasteiger partial charge < -0.3 is 10.6 Å². The lowest BCUT2D eigenvalue weighted by Crippen LogP contribution is -2.27. The Morgan fingerprint density at radius 2 is 2.22 bits per heavy atom. The number of aryl methyl sites for hydroxylation is 2. The van der Waals surface area contributed by atoms with E-state index in [4.69, 9.17) is 5.73 Å². The van der Waals surface area contributed by atoms with Gasteiger partial charge in [-0.1, -0.05) is 0 Å². The van der Waals surface area contributed by atoms with E-state index in [2.05, 4.69) is 33.6 Å². The summed E-state index contributed by atoms with van der Waals surface area (Å²) in [7, 11) is 2.01. The molecule has 1 atom stereocenters. The zero-order valence-electron chi connectivity index (χ0n) is 14.0. The van der Waals surface area contributed by atoms with Crippen molar-refractivity contribution >= 4 is 18.5 Å². The Kier molecular flexibility index (Phi) is 4.02. The van der Waals surface area contributed by atoms with Crippen molar-refractivity contribution in [1.29, 1.82) is 0 Å². The van der Waals surface area contributed by atoms with Crippen LogP contribution in [0.5, 0.6) is 0 Å². The lowest BCUT2D eigenvalue weighted by atomic mass is 10.2. The van der Waals surface area contributed by atoms with Crippen molar-refractivity contribution in [1.82, 2.24) is 19.7 Å². The quantitative estimate of drug-likeness (QED) is 0.677. The molecular formula is C16H24N7+. The van der Waals surface area contributed by atoms with Gasteiger partial charge >= 0.3 is 0 Å². The number of nitrogens with zero attached hydrogens (tertiary/aromatic N) is 6. The molecule has 0 aromatic carbocycles. The first-order valence-electron chi connectivity index (χ1n) is 7.95. The highest BCUT2D eigenvalue weighted by Gasteiger charge is 2.29. The van der Waals surface area contributed by atoms with Gasteiger partial charge in [-0.25, -0.2) is 9.56 Å². The lowest BCUT2D eigenvalue weighted by molar-refractivity contribution is -0.524. The van der Waals surface area contributed by atoms with Crippen LogP contribution < -0.4 is 10.6 Å². The van der Waals surface area contributed by atoms with Gasteiger partial charge in [0.05, 0.1) is 17.9 Å². The molecule has 3 heterocycles. The van der Waals surface area contributed by atoms with Crippen LogP contribution in [-0.4, -0.2) is 57.2 Å². The fourth-order valence-electron chi connectivity index (χ4n) is 2.99. The Morgan fingerprint density at radius 1 is 1.43 bits per heavy atom. The van der Waals surface area contributed by atoms with Crippen LogP contribution in [0.4, 0.5) is 11.8 Å². The van der Waals surface area contributed by atoms with Crippen molar-refractivity contribution < 1.29 is 4.58 Å². The first-order chi connectivity index (χ1) is 11.0. The second-order valence-corrected chi connectivity index (χ2v) is 6.10. The summed E-state index contributed by atoms with van der Waals surface area (Å²) in [6.07, 6.45) is 3.09. The minimum absolute atomic E-state index is 0.299. The minimum Gasteiger partial charge on any atom is -0.368 e. The minimum atomic E-state index is 0.299. The third-order valence-electron chi connectivity index (χ3n) is 4.39. The molecule has 2 N–H and O–H groups in total. The molecule has 7 nitrogen and oxygen atoms in total. The molecule has 1 aliphatic rings. The number of rotatable bonds is 4. The van der Waals surface area contributed by atoms with Gasteiger partial charge in [-0.05, 0) is 13.8 Å². The molecule has 2 aromatic rings. The Labute approximate surface area is 136 Å². The molecule has 3 rings (SSSR count). The van der Waals surface area contributed by atoms with E-state index in [0.29, 0.717) is 12.0 Å². The van der Waals surface area contributed by atoms with Crippen LogP contribution in [0.15, 0.2) is 12.3 Å². The zero-order chi connectivity index (χ0) is 16.6. The Balaban J connectivity index is 1.93. The Bertz CT molecular complexity index is 734. The fraction of sp³-hybridized carbons (Fsp3) is 0.500. The number of likely N-dealkylation sites (N-methyl/N-ethyl adjacent to an activating group) is 1. The smallest absolute Gasteiger partial charge is 0.222 e. The van der Waals surface area contributed by atoms with Gasteiger partial charge in [0.25, 0.3) is 0 Å². The van der Waals surface area contributed by atoms with E-state index in [1.165, 1.54) is 0 Å². The number of hydrogen-bond acceptors (Lipinski definition) is 5. The van der Waals surface area contributed by atoms with E-state index >= 15 is 0 Å². The van der Waals surface area contributed by atoms with Gasteiger partial charge in [-0.3, -0.25) is 4.68 Å². The molecule has 0 aliphatic carbocycles. The highest BCUT2D eigenvalue weighted by Crippen LogP contribution is 2.27.